The third-order valence-electron chi connectivity index (χ3n) is 7.54. The molecule has 0 spiro atoms. The molecule has 46 heavy (non-hydrogen) atoms. The van der Waals surface area contributed by atoms with E-state index in [-0.39, 0.29) is 18.9 Å². The van der Waals surface area contributed by atoms with Crippen LogP contribution in [0.4, 0.5) is 0 Å². The van der Waals surface area contributed by atoms with Crippen LogP contribution in [0.1, 0.15) is 34.8 Å². The predicted octanol–water partition coefficient (Wildman–Crippen LogP) is 6.31. The predicted molar refractivity (Wildman–Crippen MR) is 183 cm³/mol. The second kappa shape index (κ2) is 15.6. The maximum atomic E-state index is 14.5. The number of carbonyl (C=O) groups excluding carboxylic acids is 1. The molecule has 0 aromatic heterocycles. The molecule has 0 unspecified atom stereocenters. The molecule has 0 fully saturated rings. The Bertz CT molecular complexity index is 1660. The molecular weight excluding hydrogens is 718 g/mol. The fourth-order valence-electron chi connectivity index (χ4n) is 5.18. The van der Waals surface area contributed by atoms with Crippen LogP contribution in [0.15, 0.2) is 105 Å². The van der Waals surface area contributed by atoms with Crippen LogP contribution >= 0.6 is 31.9 Å². The Kier molecular flexibility index (Phi) is 11.3. The largest absolute Gasteiger partial charge is 0.497 e. The van der Waals surface area contributed by atoms with Gasteiger partial charge in [-0.1, -0.05) is 68.3 Å². The maximum Gasteiger partial charge on any atom is 0.266 e. The average Bonchev–Trinajstić information content (AvgIpc) is 3.46. The first kappa shape index (κ1) is 33.5. The smallest absolute Gasteiger partial charge is 0.266 e. The van der Waals surface area contributed by atoms with Crippen molar-refractivity contribution >= 4 is 43.7 Å². The zero-order valence-corrected chi connectivity index (χ0v) is 28.6. The van der Waals surface area contributed by atoms with Gasteiger partial charge in [0.05, 0.1) is 20.8 Å². The molecule has 11 heteroatoms. The summed E-state index contributed by atoms with van der Waals surface area (Å²) in [5.41, 5.74) is 7.84. The lowest BCUT2D eigenvalue weighted by molar-refractivity contribution is -0.130. The van der Waals surface area contributed by atoms with Gasteiger partial charge in [0.2, 0.25) is 5.90 Å². The first-order chi connectivity index (χ1) is 22.4. The zero-order chi connectivity index (χ0) is 32.5. The number of nitrogens with one attached hydrogen (secondary N) is 2. The van der Waals surface area contributed by atoms with Crippen LogP contribution in [0.25, 0.3) is 0 Å². The van der Waals surface area contributed by atoms with E-state index >= 15 is 0 Å². The molecule has 4 aromatic carbocycles. The number of aliphatic imine (C=N–C) groups is 1. The molecule has 0 bridgehead atoms. The minimum atomic E-state index is -1.40. The third-order valence-corrected chi connectivity index (χ3v) is 9.04. The Morgan fingerprint density at radius 2 is 1.59 bits per heavy atom. The molecule has 1 amide bonds. The van der Waals surface area contributed by atoms with E-state index in [1.807, 2.05) is 84.9 Å². The van der Waals surface area contributed by atoms with Gasteiger partial charge in [-0.2, -0.15) is 0 Å². The lowest BCUT2D eigenvalue weighted by Gasteiger charge is -2.31. The Balaban J connectivity index is 1.52. The minimum absolute atomic E-state index is 0.0590. The molecule has 1 heterocycles. The monoisotopic (exact) mass is 751 g/mol. The number of hydrogen-bond donors (Lipinski definition) is 3. The van der Waals surface area contributed by atoms with Crippen molar-refractivity contribution in [1.29, 1.82) is 0 Å². The standard InChI is InChI=1S/C35H35Br2N3O6/c1-43-27-18-23(19-28(20-27)44-2)22-38-40-34(42)35(21-25-8-3-5-10-30(25)36)32(29-9-4-6-11-31(29)37)46-33(39-35)24-12-14-26(15-13-24)45-17-7-16-41/h3-6,8-15,18-20,32,38,41H,7,16-17,21-22H2,1-2H3,(H,40,42)/t32-,35-/m0/s1. The molecule has 3 N–H and O–H groups in total. The average molecular weight is 753 g/mol. The lowest BCUT2D eigenvalue weighted by Crippen LogP contribution is -2.53. The summed E-state index contributed by atoms with van der Waals surface area (Å²) in [5, 5.41) is 9.08. The first-order valence-electron chi connectivity index (χ1n) is 14.7. The van der Waals surface area contributed by atoms with Crippen molar-refractivity contribution in [2.45, 2.75) is 31.0 Å². The van der Waals surface area contributed by atoms with Crippen LogP contribution in [-0.4, -0.2) is 49.9 Å². The van der Waals surface area contributed by atoms with E-state index in [4.69, 9.17) is 29.0 Å². The molecule has 0 saturated heterocycles. The number of carbonyl (C=O) groups is 1. The van der Waals surface area contributed by atoms with E-state index in [0.29, 0.717) is 48.3 Å². The number of rotatable bonds is 14. The number of benzene rings is 4. The molecule has 240 valence electrons. The topological polar surface area (TPSA) is 111 Å². The molecule has 5 rings (SSSR count). The van der Waals surface area contributed by atoms with E-state index in [2.05, 4.69) is 42.7 Å². The van der Waals surface area contributed by atoms with Gasteiger partial charge in [0.25, 0.3) is 5.91 Å². The van der Waals surface area contributed by atoms with Gasteiger partial charge >= 0.3 is 0 Å². The van der Waals surface area contributed by atoms with Gasteiger partial charge in [-0.3, -0.25) is 10.2 Å². The number of amides is 1. The van der Waals surface area contributed by atoms with Crippen LogP contribution < -0.4 is 25.1 Å². The van der Waals surface area contributed by atoms with Crippen molar-refractivity contribution in [2.24, 2.45) is 4.99 Å². The summed E-state index contributed by atoms with van der Waals surface area (Å²) in [6.45, 7) is 0.769. The number of nitrogens with zero attached hydrogens (tertiary/aromatic N) is 1. The van der Waals surface area contributed by atoms with E-state index in [1.54, 1.807) is 20.3 Å². The lowest BCUT2D eigenvalue weighted by atomic mass is 9.82. The molecule has 9 nitrogen and oxygen atoms in total. The molecule has 0 radical (unpaired) electrons. The van der Waals surface area contributed by atoms with Crippen LogP contribution in [0, 0.1) is 0 Å². The molecule has 2 atom stereocenters. The quantitative estimate of drug-likeness (QED) is 0.102. The van der Waals surface area contributed by atoms with Gasteiger partial charge < -0.3 is 24.1 Å². The van der Waals surface area contributed by atoms with Gasteiger partial charge in [0.1, 0.15) is 17.2 Å². The number of aliphatic hydroxyl groups excluding tert-OH is 1. The summed E-state index contributed by atoms with van der Waals surface area (Å²) in [6.07, 6.45) is 0.00807. The SMILES string of the molecule is COc1cc(CNNC(=O)[C@@]2(Cc3ccccc3Br)N=C(c3ccc(OCCCO)cc3)O[C@H]2c2ccccc2Br)cc(OC)c1. The van der Waals surface area contributed by atoms with E-state index in [9.17, 15) is 4.79 Å². The summed E-state index contributed by atoms with van der Waals surface area (Å²) in [7, 11) is 3.18. The molecule has 0 saturated carbocycles. The van der Waals surface area contributed by atoms with E-state index in [0.717, 1.165) is 25.6 Å². The van der Waals surface area contributed by atoms with Crippen molar-refractivity contribution in [1.82, 2.24) is 10.9 Å². The highest BCUT2D eigenvalue weighted by Gasteiger charge is 2.54. The van der Waals surface area contributed by atoms with Crippen LogP contribution in [0.2, 0.25) is 0 Å². The van der Waals surface area contributed by atoms with Gasteiger partial charge in [-0.15, -0.1) is 0 Å². The summed E-state index contributed by atoms with van der Waals surface area (Å²) >= 11 is 7.36. The normalized spacial score (nSPS) is 17.2. The van der Waals surface area contributed by atoms with E-state index < -0.39 is 11.6 Å². The number of halogens is 2. The molecule has 4 aromatic rings. The van der Waals surface area contributed by atoms with Crippen LogP contribution in [0.3, 0.4) is 0 Å². The molecular formula is C35H35Br2N3O6. The highest BCUT2D eigenvalue weighted by molar-refractivity contribution is 9.10. The first-order valence-corrected chi connectivity index (χ1v) is 16.3. The van der Waals surface area contributed by atoms with Gasteiger partial charge in [-0.05, 0) is 59.7 Å². The number of hydrogen-bond acceptors (Lipinski definition) is 8. The highest BCUT2D eigenvalue weighted by Crippen LogP contribution is 2.45. The number of hydrazine groups is 1. The van der Waals surface area contributed by atoms with Crippen molar-refractivity contribution in [3.63, 3.8) is 0 Å². The summed E-state index contributed by atoms with van der Waals surface area (Å²) < 4.78 is 24.8. The molecule has 0 aliphatic carbocycles. The summed E-state index contributed by atoms with van der Waals surface area (Å²) in [4.78, 5) is 19.6. The third kappa shape index (κ3) is 7.72. The zero-order valence-electron chi connectivity index (χ0n) is 25.5. The second-order valence-electron chi connectivity index (χ2n) is 10.6. The minimum Gasteiger partial charge on any atom is -0.497 e. The number of methoxy groups -OCH3 is 2. The fraction of sp³-hybridized carbons (Fsp3) is 0.257. The van der Waals surface area contributed by atoms with Crippen molar-refractivity contribution in [3.05, 3.63) is 122 Å². The fourth-order valence-corrected chi connectivity index (χ4v) is 6.10. The maximum absolute atomic E-state index is 14.5. The van der Waals surface area contributed by atoms with Gasteiger partial charge in [-0.25, -0.2) is 10.4 Å². The second-order valence-corrected chi connectivity index (χ2v) is 12.3. The van der Waals surface area contributed by atoms with Crippen LogP contribution in [0.5, 0.6) is 17.2 Å². The Labute approximate surface area is 285 Å². The molecule has 1 aliphatic heterocycles. The Morgan fingerprint density at radius 3 is 2.24 bits per heavy atom. The van der Waals surface area contributed by atoms with Gasteiger partial charge in [0.15, 0.2) is 11.6 Å². The van der Waals surface area contributed by atoms with Crippen LogP contribution in [-0.2, 0) is 22.5 Å². The highest BCUT2D eigenvalue weighted by atomic mass is 79.9. The Morgan fingerprint density at radius 1 is 0.913 bits per heavy atom. The summed E-state index contributed by atoms with van der Waals surface area (Å²) in [5.74, 6) is 1.92. The van der Waals surface area contributed by atoms with Gasteiger partial charge in [0, 0.05) is 52.1 Å². The number of ether oxygens (including phenoxy) is 4. The van der Waals surface area contributed by atoms with Crippen molar-refractivity contribution in [2.75, 3.05) is 27.4 Å². The number of aliphatic hydroxyl groups is 1. The molecule has 1 aliphatic rings. The van der Waals surface area contributed by atoms with E-state index in [1.165, 1.54) is 0 Å². The van der Waals surface area contributed by atoms with Crippen molar-refractivity contribution in [3.8, 4) is 17.2 Å². The Hall–Kier alpha value is -3.90. The summed E-state index contributed by atoms with van der Waals surface area (Å²) in [6, 6.07) is 28.3. The van der Waals surface area contributed by atoms with Crippen molar-refractivity contribution < 1.29 is 28.8 Å².